The molecule has 3 heterocycles. The fourth-order valence-electron chi connectivity index (χ4n) is 6.20. The van der Waals surface area contributed by atoms with Gasteiger partial charge in [0, 0.05) is 33.7 Å². The van der Waals surface area contributed by atoms with Crippen molar-refractivity contribution in [3.63, 3.8) is 0 Å². The van der Waals surface area contributed by atoms with Crippen molar-refractivity contribution in [2.75, 3.05) is 0 Å². The van der Waals surface area contributed by atoms with Crippen LogP contribution in [0.25, 0.3) is 83.9 Å². The lowest BCUT2D eigenvalue weighted by Gasteiger charge is -2.10. The van der Waals surface area contributed by atoms with Crippen LogP contribution in [-0.2, 0) is 0 Å². The molecule has 9 rings (SSSR count). The van der Waals surface area contributed by atoms with Gasteiger partial charge in [0.05, 0.1) is 0 Å². The van der Waals surface area contributed by atoms with Gasteiger partial charge in [0.15, 0.2) is 23.7 Å². The van der Waals surface area contributed by atoms with Crippen molar-refractivity contribution in [3.05, 3.63) is 164 Å². The Kier molecular flexibility index (Phi) is 6.39. The Balaban J connectivity index is 1.13. The summed E-state index contributed by atoms with van der Waals surface area (Å²) in [4.78, 5) is 14.6. The standard InChI is InChI=1S/C42H27N4O/c1-4-10-30(11-5-1)37-27-46-25-24-31-20-18-29-19-23-35(26-36(29)38(31)42(46)47-37)28-16-21-34(22-17-28)41-44-39(32-12-6-2-7-13-32)43-40(45-41)33-14-8-3-9-15-33/h1-27H/q+1. The molecule has 5 nitrogen and oxygen atoms in total. The maximum atomic E-state index is 6.51. The monoisotopic (exact) mass is 603 g/mol. The van der Waals surface area contributed by atoms with E-state index in [-0.39, 0.29) is 0 Å². The average Bonchev–Trinajstić information content (AvgIpc) is 3.60. The first-order chi connectivity index (χ1) is 23.3. The summed E-state index contributed by atoms with van der Waals surface area (Å²) in [5, 5.41) is 4.54. The van der Waals surface area contributed by atoms with Crippen molar-refractivity contribution in [1.29, 1.82) is 0 Å². The largest absolute Gasteiger partial charge is 0.397 e. The van der Waals surface area contributed by atoms with Crippen LogP contribution in [0.15, 0.2) is 168 Å². The van der Waals surface area contributed by atoms with Crippen molar-refractivity contribution in [1.82, 2.24) is 15.0 Å². The highest BCUT2D eigenvalue weighted by atomic mass is 16.3. The predicted octanol–water partition coefficient (Wildman–Crippen LogP) is 9.84. The van der Waals surface area contributed by atoms with Crippen LogP contribution in [0.3, 0.4) is 0 Å². The number of pyridine rings is 1. The smallest absolute Gasteiger partial charge is 0.387 e. The number of hydrogen-bond acceptors (Lipinski definition) is 4. The molecule has 0 aliphatic rings. The molecular formula is C42H27N4O+. The number of aromatic nitrogens is 4. The predicted molar refractivity (Wildman–Crippen MR) is 187 cm³/mol. The molecule has 0 bridgehead atoms. The number of oxazole rings is 1. The van der Waals surface area contributed by atoms with E-state index in [1.807, 2.05) is 78.9 Å². The third kappa shape index (κ3) is 4.91. The second kappa shape index (κ2) is 11.2. The van der Waals surface area contributed by atoms with Crippen LogP contribution in [-0.4, -0.2) is 15.0 Å². The Morgan fingerprint density at radius 3 is 1.53 bits per heavy atom. The summed E-state index contributed by atoms with van der Waals surface area (Å²) in [5.41, 5.74) is 6.95. The van der Waals surface area contributed by atoms with E-state index in [0.29, 0.717) is 17.5 Å². The number of nitrogens with zero attached hydrogens (tertiary/aromatic N) is 4. The highest BCUT2D eigenvalue weighted by Crippen LogP contribution is 2.34. The summed E-state index contributed by atoms with van der Waals surface area (Å²) < 4.78 is 8.59. The van der Waals surface area contributed by atoms with E-state index in [4.69, 9.17) is 19.4 Å². The van der Waals surface area contributed by atoms with Gasteiger partial charge >= 0.3 is 5.71 Å². The molecule has 3 aromatic heterocycles. The zero-order chi connectivity index (χ0) is 31.2. The van der Waals surface area contributed by atoms with Gasteiger partial charge in [-0.3, -0.25) is 0 Å². The molecule has 0 radical (unpaired) electrons. The molecule has 5 heteroatoms. The summed E-state index contributed by atoms with van der Waals surface area (Å²) in [6.45, 7) is 0. The third-order valence-electron chi connectivity index (χ3n) is 8.61. The lowest BCUT2D eigenvalue weighted by Crippen LogP contribution is -2.16. The van der Waals surface area contributed by atoms with Gasteiger partial charge in [-0.05, 0) is 28.0 Å². The van der Waals surface area contributed by atoms with E-state index in [2.05, 4.69) is 89.6 Å². The molecule has 0 unspecified atom stereocenters. The Morgan fingerprint density at radius 1 is 0.426 bits per heavy atom. The fraction of sp³-hybridized carbons (Fsp3) is 0. The molecule has 0 aliphatic heterocycles. The van der Waals surface area contributed by atoms with Crippen molar-refractivity contribution in [2.45, 2.75) is 0 Å². The summed E-state index contributed by atoms with van der Waals surface area (Å²) in [5.74, 6) is 2.78. The fourth-order valence-corrected chi connectivity index (χ4v) is 6.20. The number of fused-ring (bicyclic) bond motifs is 5. The molecule has 220 valence electrons. The van der Waals surface area contributed by atoms with Gasteiger partial charge in [0.25, 0.3) is 0 Å². The van der Waals surface area contributed by atoms with Crippen LogP contribution in [0.2, 0.25) is 0 Å². The SMILES string of the molecule is c1ccc(-c2nc(-c3ccccc3)nc(-c3ccc(-c4ccc5ccc6cc[n+]7cc(-c8ccccc8)oc7c6c5c4)cc3)n2)cc1. The number of rotatable bonds is 5. The molecule has 47 heavy (non-hydrogen) atoms. The van der Waals surface area contributed by atoms with E-state index in [0.717, 1.165) is 66.4 Å². The van der Waals surface area contributed by atoms with Crippen LogP contribution in [0.4, 0.5) is 0 Å². The first-order valence-corrected chi connectivity index (χ1v) is 15.6. The molecule has 0 amide bonds. The first-order valence-electron chi connectivity index (χ1n) is 15.6. The molecule has 0 aliphatic carbocycles. The summed E-state index contributed by atoms with van der Waals surface area (Å²) in [6.07, 6.45) is 4.12. The Labute approximate surface area is 271 Å². The molecule has 0 atom stereocenters. The lowest BCUT2D eigenvalue weighted by molar-refractivity contribution is -0.511. The van der Waals surface area contributed by atoms with E-state index in [1.165, 1.54) is 0 Å². The highest BCUT2D eigenvalue weighted by molar-refractivity contribution is 6.13. The first kappa shape index (κ1) is 26.9. The zero-order valence-corrected chi connectivity index (χ0v) is 25.3. The quantitative estimate of drug-likeness (QED) is 0.145. The van der Waals surface area contributed by atoms with Crippen molar-refractivity contribution in [2.24, 2.45) is 0 Å². The molecule has 6 aromatic carbocycles. The molecule has 0 saturated carbocycles. The lowest BCUT2D eigenvalue weighted by atomic mass is 9.97. The van der Waals surface area contributed by atoms with Gasteiger partial charge in [-0.2, -0.15) is 0 Å². The maximum absolute atomic E-state index is 6.51. The number of benzene rings is 6. The average molecular weight is 604 g/mol. The third-order valence-corrected chi connectivity index (χ3v) is 8.61. The van der Waals surface area contributed by atoms with E-state index in [9.17, 15) is 0 Å². The summed E-state index contributed by atoms with van der Waals surface area (Å²) in [7, 11) is 0. The van der Waals surface area contributed by atoms with Gasteiger partial charge in [-0.15, -0.1) is 4.40 Å². The Bertz CT molecular complexity index is 2490. The molecule has 0 N–H and O–H groups in total. The summed E-state index contributed by atoms with van der Waals surface area (Å²) in [6, 6.07) is 51.9. The van der Waals surface area contributed by atoms with Crippen molar-refractivity contribution in [3.8, 4) is 56.6 Å². The number of hydrogen-bond donors (Lipinski definition) is 0. The van der Waals surface area contributed by atoms with Gasteiger partial charge in [-0.1, -0.05) is 140 Å². The molecule has 9 aromatic rings. The molecule has 0 fully saturated rings. The summed E-state index contributed by atoms with van der Waals surface area (Å²) >= 11 is 0. The van der Waals surface area contributed by atoms with Crippen molar-refractivity contribution < 1.29 is 8.82 Å². The highest BCUT2D eigenvalue weighted by Gasteiger charge is 2.19. The maximum Gasteiger partial charge on any atom is 0.387 e. The van der Waals surface area contributed by atoms with E-state index < -0.39 is 0 Å². The Hall–Kier alpha value is -6.46. The minimum absolute atomic E-state index is 0.639. The van der Waals surface area contributed by atoms with Gasteiger partial charge in [0.1, 0.15) is 5.39 Å². The second-order valence-electron chi connectivity index (χ2n) is 11.6. The molecular weight excluding hydrogens is 576 g/mol. The van der Waals surface area contributed by atoms with Crippen LogP contribution in [0.5, 0.6) is 0 Å². The topological polar surface area (TPSA) is 55.9 Å². The zero-order valence-electron chi connectivity index (χ0n) is 25.3. The van der Waals surface area contributed by atoms with Crippen LogP contribution < -0.4 is 4.40 Å². The second-order valence-corrected chi connectivity index (χ2v) is 11.6. The van der Waals surface area contributed by atoms with Crippen molar-refractivity contribution >= 4 is 27.3 Å². The molecule has 0 saturated heterocycles. The van der Waals surface area contributed by atoms with E-state index in [1.54, 1.807) is 0 Å². The van der Waals surface area contributed by atoms with Gasteiger partial charge in [0.2, 0.25) is 12.0 Å². The van der Waals surface area contributed by atoms with Crippen LogP contribution in [0.1, 0.15) is 0 Å². The molecule has 0 spiro atoms. The van der Waals surface area contributed by atoms with Gasteiger partial charge in [-0.25, -0.2) is 15.0 Å². The Morgan fingerprint density at radius 2 is 0.915 bits per heavy atom. The normalized spacial score (nSPS) is 11.4. The van der Waals surface area contributed by atoms with Gasteiger partial charge < -0.3 is 4.42 Å². The minimum Gasteiger partial charge on any atom is -0.397 e. The van der Waals surface area contributed by atoms with E-state index >= 15 is 0 Å². The van der Waals surface area contributed by atoms with Crippen LogP contribution >= 0.6 is 0 Å². The minimum atomic E-state index is 0.639. The van der Waals surface area contributed by atoms with Crippen LogP contribution in [0, 0.1) is 0 Å².